The van der Waals surface area contributed by atoms with Gasteiger partial charge in [0.15, 0.2) is 5.76 Å². The van der Waals surface area contributed by atoms with Crippen LogP contribution < -0.4 is 10.6 Å². The Morgan fingerprint density at radius 3 is 2.47 bits per heavy atom. The summed E-state index contributed by atoms with van der Waals surface area (Å²) < 4.78 is 6.00. The number of nitrogens with one attached hydrogen (secondary N) is 2. The van der Waals surface area contributed by atoms with Crippen molar-refractivity contribution in [2.75, 3.05) is 5.32 Å². The number of benzene rings is 3. The number of anilines is 1. The third-order valence-electron chi connectivity index (χ3n) is 4.40. The highest BCUT2D eigenvalue weighted by Gasteiger charge is 2.17. The summed E-state index contributed by atoms with van der Waals surface area (Å²) in [6.07, 6.45) is 3.02. The van der Waals surface area contributed by atoms with Crippen LogP contribution in [0.4, 0.5) is 5.69 Å². The first-order valence-corrected chi connectivity index (χ1v) is 10.00. The molecule has 0 saturated heterocycles. The van der Waals surface area contributed by atoms with Crippen LogP contribution in [-0.2, 0) is 4.79 Å². The molecular formula is C24H17BrN2O3. The first-order valence-electron chi connectivity index (χ1n) is 9.21. The maximum Gasteiger partial charge on any atom is 0.291 e. The summed E-state index contributed by atoms with van der Waals surface area (Å²) >= 11 is 3.42. The summed E-state index contributed by atoms with van der Waals surface area (Å²) in [7, 11) is 0. The number of carbonyl (C=O) groups excluding carboxylic acids is 2. The van der Waals surface area contributed by atoms with Gasteiger partial charge < -0.3 is 15.1 Å². The Balaban J connectivity index is 1.63. The van der Waals surface area contributed by atoms with Crippen molar-refractivity contribution in [3.05, 3.63) is 107 Å². The van der Waals surface area contributed by atoms with Crippen molar-refractivity contribution in [2.24, 2.45) is 0 Å². The lowest BCUT2D eigenvalue weighted by molar-refractivity contribution is -0.113. The number of carbonyl (C=O) groups is 2. The first kappa shape index (κ1) is 19.7. The molecule has 0 radical (unpaired) electrons. The molecule has 0 saturated carbocycles. The molecule has 4 rings (SSSR count). The predicted octanol–water partition coefficient (Wildman–Crippen LogP) is 5.60. The largest absolute Gasteiger partial charge is 0.459 e. The molecule has 3 aromatic carbocycles. The number of rotatable bonds is 5. The molecule has 148 valence electrons. The van der Waals surface area contributed by atoms with Gasteiger partial charge in [0.2, 0.25) is 0 Å². The minimum absolute atomic E-state index is 0.0997. The molecule has 0 atom stereocenters. The van der Waals surface area contributed by atoms with E-state index in [1.54, 1.807) is 12.1 Å². The van der Waals surface area contributed by atoms with Gasteiger partial charge in [-0.2, -0.15) is 0 Å². The van der Waals surface area contributed by atoms with E-state index in [2.05, 4.69) is 26.6 Å². The van der Waals surface area contributed by atoms with E-state index in [4.69, 9.17) is 4.42 Å². The van der Waals surface area contributed by atoms with Gasteiger partial charge in [0, 0.05) is 10.2 Å². The predicted molar refractivity (Wildman–Crippen MR) is 121 cm³/mol. The van der Waals surface area contributed by atoms with Crippen LogP contribution >= 0.6 is 15.9 Å². The molecular weight excluding hydrogens is 444 g/mol. The minimum Gasteiger partial charge on any atom is -0.459 e. The standard InChI is InChI=1S/C24H17BrN2O3/c25-19-8-3-5-16(13-19)14-21(27-24(29)22-9-4-12-30-22)23(28)26-20-11-10-17-6-1-2-7-18(17)15-20/h1-15H,(H,26,28)(H,27,29)/b21-14-. The van der Waals surface area contributed by atoms with Gasteiger partial charge in [0.1, 0.15) is 5.70 Å². The van der Waals surface area contributed by atoms with Crippen LogP contribution in [-0.4, -0.2) is 11.8 Å². The van der Waals surface area contributed by atoms with Crippen molar-refractivity contribution >= 4 is 50.3 Å². The maximum absolute atomic E-state index is 13.0. The fraction of sp³-hybridized carbons (Fsp3) is 0. The Hall–Kier alpha value is -3.64. The lowest BCUT2D eigenvalue weighted by Crippen LogP contribution is -2.30. The van der Waals surface area contributed by atoms with Crippen molar-refractivity contribution in [1.29, 1.82) is 0 Å². The molecule has 1 aromatic heterocycles. The summed E-state index contributed by atoms with van der Waals surface area (Å²) in [4.78, 5) is 25.5. The highest BCUT2D eigenvalue weighted by Crippen LogP contribution is 2.20. The van der Waals surface area contributed by atoms with Crippen LogP contribution in [0.25, 0.3) is 16.8 Å². The Labute approximate surface area is 181 Å². The van der Waals surface area contributed by atoms with E-state index in [0.29, 0.717) is 5.69 Å². The number of halogens is 1. The molecule has 0 spiro atoms. The molecule has 4 aromatic rings. The zero-order valence-electron chi connectivity index (χ0n) is 15.8. The second kappa shape index (κ2) is 8.80. The van der Waals surface area contributed by atoms with E-state index < -0.39 is 11.8 Å². The van der Waals surface area contributed by atoms with Gasteiger partial charge >= 0.3 is 0 Å². The molecule has 1 heterocycles. The second-order valence-corrected chi connectivity index (χ2v) is 7.48. The van der Waals surface area contributed by atoms with Gasteiger partial charge in [-0.15, -0.1) is 0 Å². The van der Waals surface area contributed by atoms with Gasteiger partial charge in [-0.05, 0) is 58.8 Å². The second-order valence-electron chi connectivity index (χ2n) is 6.56. The highest BCUT2D eigenvalue weighted by molar-refractivity contribution is 9.10. The van der Waals surface area contributed by atoms with Crippen molar-refractivity contribution in [3.63, 3.8) is 0 Å². The average Bonchev–Trinajstić information content (AvgIpc) is 3.28. The average molecular weight is 461 g/mol. The van der Waals surface area contributed by atoms with Crippen LogP contribution in [0.15, 0.2) is 99.7 Å². The number of amides is 2. The van der Waals surface area contributed by atoms with E-state index in [-0.39, 0.29) is 11.5 Å². The van der Waals surface area contributed by atoms with E-state index in [0.717, 1.165) is 20.8 Å². The van der Waals surface area contributed by atoms with Crippen molar-refractivity contribution in [2.45, 2.75) is 0 Å². The van der Waals surface area contributed by atoms with Crippen LogP contribution in [0, 0.1) is 0 Å². The fourth-order valence-corrected chi connectivity index (χ4v) is 3.40. The van der Waals surface area contributed by atoms with Crippen LogP contribution in [0.1, 0.15) is 16.1 Å². The molecule has 30 heavy (non-hydrogen) atoms. The third-order valence-corrected chi connectivity index (χ3v) is 4.90. The molecule has 5 nitrogen and oxygen atoms in total. The Kier molecular flexibility index (Phi) is 5.77. The van der Waals surface area contributed by atoms with Crippen LogP contribution in [0.3, 0.4) is 0 Å². The van der Waals surface area contributed by atoms with E-state index in [1.165, 1.54) is 12.3 Å². The van der Waals surface area contributed by atoms with Gasteiger partial charge in [0.05, 0.1) is 6.26 Å². The molecule has 0 aliphatic heterocycles. The van der Waals surface area contributed by atoms with Crippen molar-refractivity contribution < 1.29 is 14.0 Å². The molecule has 0 fully saturated rings. The number of fused-ring (bicyclic) bond motifs is 1. The maximum atomic E-state index is 13.0. The minimum atomic E-state index is -0.505. The monoisotopic (exact) mass is 460 g/mol. The Bertz CT molecular complexity index is 1250. The van der Waals surface area contributed by atoms with Gasteiger partial charge in [-0.25, -0.2) is 0 Å². The summed E-state index contributed by atoms with van der Waals surface area (Å²) in [6, 6.07) is 24.1. The SMILES string of the molecule is O=C(Nc1ccc2ccccc2c1)/C(=C/c1cccc(Br)c1)NC(=O)c1ccco1. The highest BCUT2D eigenvalue weighted by atomic mass is 79.9. The first-order chi connectivity index (χ1) is 14.6. The summed E-state index contributed by atoms with van der Waals surface area (Å²) in [6.45, 7) is 0. The van der Waals surface area contributed by atoms with E-state index in [9.17, 15) is 9.59 Å². The normalized spacial score (nSPS) is 11.3. The van der Waals surface area contributed by atoms with Gasteiger partial charge in [-0.3, -0.25) is 9.59 Å². The quantitative estimate of drug-likeness (QED) is 0.380. The van der Waals surface area contributed by atoms with E-state index in [1.807, 2.05) is 66.7 Å². The fourth-order valence-electron chi connectivity index (χ4n) is 2.98. The van der Waals surface area contributed by atoms with Gasteiger partial charge in [-0.1, -0.05) is 58.4 Å². The summed E-state index contributed by atoms with van der Waals surface area (Å²) in [5, 5.41) is 7.58. The molecule has 2 amide bonds. The Morgan fingerprint density at radius 2 is 1.70 bits per heavy atom. The van der Waals surface area contributed by atoms with Crippen LogP contribution in [0.2, 0.25) is 0 Å². The van der Waals surface area contributed by atoms with Gasteiger partial charge in [0.25, 0.3) is 11.8 Å². The molecule has 0 aliphatic rings. The van der Waals surface area contributed by atoms with E-state index >= 15 is 0 Å². The van der Waals surface area contributed by atoms with Crippen LogP contribution in [0.5, 0.6) is 0 Å². The third kappa shape index (κ3) is 4.67. The lowest BCUT2D eigenvalue weighted by Gasteiger charge is -2.11. The summed E-state index contributed by atoms with van der Waals surface area (Å²) in [5.74, 6) is -0.825. The number of hydrogen-bond acceptors (Lipinski definition) is 3. The molecule has 6 heteroatoms. The molecule has 0 bridgehead atoms. The Morgan fingerprint density at radius 1 is 0.867 bits per heavy atom. The molecule has 0 aliphatic carbocycles. The lowest BCUT2D eigenvalue weighted by atomic mass is 10.1. The zero-order valence-corrected chi connectivity index (χ0v) is 17.3. The molecule has 0 unspecified atom stereocenters. The number of furan rings is 1. The smallest absolute Gasteiger partial charge is 0.291 e. The van der Waals surface area contributed by atoms with Crippen molar-refractivity contribution in [3.8, 4) is 0 Å². The molecule has 2 N–H and O–H groups in total. The summed E-state index contributed by atoms with van der Waals surface area (Å²) in [5.41, 5.74) is 1.49. The zero-order chi connectivity index (χ0) is 20.9. The van der Waals surface area contributed by atoms with Crippen molar-refractivity contribution in [1.82, 2.24) is 5.32 Å². The number of hydrogen-bond donors (Lipinski definition) is 2. The topological polar surface area (TPSA) is 71.3 Å².